The summed E-state index contributed by atoms with van der Waals surface area (Å²) in [6.45, 7) is 9.05. The standard InChI is InChI=1S/C20H27N5O3S/c1-5-25(6-2)12-15-9-14(7-8-17(15)28-4)13(3)23-24-19(27)11-16-10-18(26)22-20(29)21-16/h7-10H,5-6,11-12H2,1-4H3,(H,24,27)(H2,21,22,26,29)/p+1/b23-13-. The molecule has 0 saturated heterocycles. The molecule has 2 rings (SSSR count). The Kier molecular flexibility index (Phi) is 8.29. The summed E-state index contributed by atoms with van der Waals surface area (Å²) in [5.74, 6) is 0.497. The van der Waals surface area contributed by atoms with Gasteiger partial charge in [0.15, 0.2) is 4.77 Å². The first-order chi connectivity index (χ1) is 13.9. The number of amides is 1. The molecule has 0 aliphatic heterocycles. The van der Waals surface area contributed by atoms with E-state index in [4.69, 9.17) is 17.0 Å². The van der Waals surface area contributed by atoms with Crippen LogP contribution in [-0.4, -0.2) is 41.8 Å². The third-order valence-electron chi connectivity index (χ3n) is 4.65. The molecule has 156 valence electrons. The second-order valence-electron chi connectivity index (χ2n) is 6.68. The normalized spacial score (nSPS) is 11.6. The molecule has 1 amide bonds. The van der Waals surface area contributed by atoms with Gasteiger partial charge in [0, 0.05) is 17.3 Å². The molecule has 0 radical (unpaired) electrons. The predicted molar refractivity (Wildman–Crippen MR) is 115 cm³/mol. The molecular weight excluding hydrogens is 390 g/mol. The van der Waals surface area contributed by atoms with Gasteiger partial charge in [-0.05, 0) is 56.8 Å². The van der Waals surface area contributed by atoms with Crippen LogP contribution in [0.15, 0.2) is 34.2 Å². The molecule has 0 saturated carbocycles. The summed E-state index contributed by atoms with van der Waals surface area (Å²) in [6.07, 6.45) is -0.0243. The van der Waals surface area contributed by atoms with Gasteiger partial charge in [-0.2, -0.15) is 5.10 Å². The lowest BCUT2D eigenvalue weighted by atomic mass is 10.1. The van der Waals surface area contributed by atoms with E-state index >= 15 is 0 Å². The van der Waals surface area contributed by atoms with E-state index < -0.39 is 0 Å². The van der Waals surface area contributed by atoms with Crippen LogP contribution in [0.5, 0.6) is 5.75 Å². The average molecular weight is 419 g/mol. The van der Waals surface area contributed by atoms with Crippen LogP contribution in [0.3, 0.4) is 0 Å². The molecule has 0 unspecified atom stereocenters. The number of hydrogen-bond donors (Lipinski definition) is 4. The molecule has 29 heavy (non-hydrogen) atoms. The van der Waals surface area contributed by atoms with Gasteiger partial charge < -0.3 is 14.6 Å². The fourth-order valence-electron chi connectivity index (χ4n) is 2.95. The highest BCUT2D eigenvalue weighted by atomic mass is 32.1. The van der Waals surface area contributed by atoms with E-state index in [2.05, 4.69) is 34.3 Å². The molecular formula is C20H28N5O3S+. The third kappa shape index (κ3) is 6.65. The molecule has 0 aliphatic rings. The van der Waals surface area contributed by atoms with Gasteiger partial charge in [-0.15, -0.1) is 0 Å². The molecule has 0 fully saturated rings. The van der Waals surface area contributed by atoms with Crippen molar-refractivity contribution in [3.8, 4) is 5.75 Å². The van der Waals surface area contributed by atoms with E-state index in [9.17, 15) is 9.59 Å². The fraction of sp³-hybridized carbons (Fsp3) is 0.400. The number of carbonyl (C=O) groups is 1. The van der Waals surface area contributed by atoms with Gasteiger partial charge in [-0.25, -0.2) is 5.43 Å². The Bertz CT molecular complexity index is 964. The van der Waals surface area contributed by atoms with Gasteiger partial charge in [-0.1, -0.05) is 0 Å². The van der Waals surface area contributed by atoms with Gasteiger partial charge in [0.25, 0.3) is 5.56 Å². The third-order valence-corrected chi connectivity index (χ3v) is 4.86. The highest BCUT2D eigenvalue weighted by Gasteiger charge is 2.12. The second-order valence-corrected chi connectivity index (χ2v) is 7.09. The Morgan fingerprint density at radius 1 is 1.24 bits per heavy atom. The highest BCUT2D eigenvalue weighted by molar-refractivity contribution is 7.71. The summed E-state index contributed by atoms with van der Waals surface area (Å²) in [4.78, 5) is 30.2. The zero-order chi connectivity index (χ0) is 21.4. The average Bonchev–Trinajstić information content (AvgIpc) is 2.69. The summed E-state index contributed by atoms with van der Waals surface area (Å²) in [6, 6.07) is 7.18. The number of rotatable bonds is 9. The summed E-state index contributed by atoms with van der Waals surface area (Å²) in [7, 11) is 1.66. The number of H-pyrrole nitrogens is 2. The van der Waals surface area contributed by atoms with Crippen LogP contribution >= 0.6 is 12.2 Å². The van der Waals surface area contributed by atoms with Crippen LogP contribution in [-0.2, 0) is 17.8 Å². The zero-order valence-electron chi connectivity index (χ0n) is 17.2. The minimum atomic E-state index is -0.350. The fourth-order valence-corrected chi connectivity index (χ4v) is 3.18. The van der Waals surface area contributed by atoms with Crippen molar-refractivity contribution in [1.82, 2.24) is 15.4 Å². The molecule has 0 bridgehead atoms. The number of hydrogen-bond acceptors (Lipinski definition) is 5. The monoisotopic (exact) mass is 418 g/mol. The first kappa shape index (κ1) is 22.5. The largest absolute Gasteiger partial charge is 0.496 e. The molecule has 4 N–H and O–H groups in total. The Labute approximate surface area is 175 Å². The highest BCUT2D eigenvalue weighted by Crippen LogP contribution is 2.19. The topological polar surface area (TPSA) is 104 Å². The zero-order valence-corrected chi connectivity index (χ0v) is 18.0. The van der Waals surface area contributed by atoms with Gasteiger partial charge >= 0.3 is 0 Å². The van der Waals surface area contributed by atoms with Crippen LogP contribution < -0.4 is 20.6 Å². The summed E-state index contributed by atoms with van der Waals surface area (Å²) < 4.78 is 5.67. The van der Waals surface area contributed by atoms with Gasteiger partial charge in [0.05, 0.1) is 32.3 Å². The first-order valence-corrected chi connectivity index (χ1v) is 9.93. The number of methoxy groups -OCH3 is 1. The quantitative estimate of drug-likeness (QED) is 0.277. The van der Waals surface area contributed by atoms with E-state index in [1.165, 1.54) is 11.0 Å². The Morgan fingerprint density at radius 2 is 1.97 bits per heavy atom. The van der Waals surface area contributed by atoms with E-state index in [0.717, 1.165) is 36.5 Å². The van der Waals surface area contributed by atoms with E-state index in [-0.39, 0.29) is 22.7 Å². The smallest absolute Gasteiger partial charge is 0.251 e. The molecule has 1 heterocycles. The molecule has 0 aliphatic carbocycles. The van der Waals surface area contributed by atoms with Crippen LogP contribution in [0.25, 0.3) is 0 Å². The Hall–Kier alpha value is -2.78. The number of aromatic amines is 2. The van der Waals surface area contributed by atoms with Crippen molar-refractivity contribution >= 4 is 23.8 Å². The van der Waals surface area contributed by atoms with E-state index in [1.54, 1.807) is 7.11 Å². The van der Waals surface area contributed by atoms with Crippen molar-refractivity contribution in [2.24, 2.45) is 5.10 Å². The number of carbonyl (C=O) groups excluding carboxylic acids is 1. The number of benzene rings is 1. The van der Waals surface area contributed by atoms with Crippen LogP contribution in [0.1, 0.15) is 37.6 Å². The lowest BCUT2D eigenvalue weighted by Crippen LogP contribution is -3.10. The molecule has 0 spiro atoms. The van der Waals surface area contributed by atoms with Crippen molar-refractivity contribution in [3.05, 3.63) is 56.2 Å². The summed E-state index contributed by atoms with van der Waals surface area (Å²) >= 11 is 4.91. The van der Waals surface area contributed by atoms with E-state index in [0.29, 0.717) is 11.4 Å². The van der Waals surface area contributed by atoms with Crippen LogP contribution in [0.4, 0.5) is 0 Å². The number of ether oxygens (including phenoxy) is 1. The van der Waals surface area contributed by atoms with Crippen molar-refractivity contribution < 1.29 is 14.4 Å². The molecule has 2 aromatic rings. The van der Waals surface area contributed by atoms with Crippen molar-refractivity contribution in [2.75, 3.05) is 20.2 Å². The first-order valence-electron chi connectivity index (χ1n) is 9.52. The van der Waals surface area contributed by atoms with Crippen LogP contribution in [0, 0.1) is 4.77 Å². The molecule has 8 nitrogen and oxygen atoms in total. The number of nitrogens with zero attached hydrogens (tertiary/aromatic N) is 1. The maximum absolute atomic E-state index is 12.2. The molecule has 9 heteroatoms. The summed E-state index contributed by atoms with van der Waals surface area (Å²) in [5, 5.41) is 4.20. The number of nitrogens with one attached hydrogen (secondary N) is 4. The van der Waals surface area contributed by atoms with Crippen LogP contribution in [0.2, 0.25) is 0 Å². The van der Waals surface area contributed by atoms with Gasteiger partial charge in [-0.3, -0.25) is 14.6 Å². The Morgan fingerprint density at radius 3 is 2.59 bits per heavy atom. The maximum Gasteiger partial charge on any atom is 0.251 e. The lowest BCUT2D eigenvalue weighted by Gasteiger charge is -2.18. The number of hydrazone groups is 1. The SMILES string of the molecule is CC[NH+](CC)Cc1cc(/C(C)=N\NC(=O)Cc2cc(=O)[nH]c(=S)[nH]2)ccc1OC. The Balaban J connectivity index is 2.12. The maximum atomic E-state index is 12.2. The second kappa shape index (κ2) is 10.7. The van der Waals surface area contributed by atoms with Gasteiger partial charge in [0.1, 0.15) is 12.3 Å². The molecule has 0 atom stereocenters. The van der Waals surface area contributed by atoms with Crippen molar-refractivity contribution in [2.45, 2.75) is 33.7 Å². The minimum Gasteiger partial charge on any atom is -0.496 e. The van der Waals surface area contributed by atoms with Gasteiger partial charge in [0.2, 0.25) is 5.91 Å². The summed E-state index contributed by atoms with van der Waals surface area (Å²) in [5.41, 5.74) is 5.28. The minimum absolute atomic E-state index is 0.0243. The number of quaternary nitrogens is 1. The predicted octanol–water partition coefficient (Wildman–Crippen LogP) is 0.949. The number of aromatic nitrogens is 2. The van der Waals surface area contributed by atoms with Crippen molar-refractivity contribution in [3.63, 3.8) is 0 Å². The molecule has 1 aromatic carbocycles. The lowest BCUT2D eigenvalue weighted by molar-refractivity contribution is -0.910. The molecule has 1 aromatic heterocycles. The van der Waals surface area contributed by atoms with Crippen molar-refractivity contribution in [1.29, 1.82) is 0 Å². The van der Waals surface area contributed by atoms with E-state index in [1.807, 2.05) is 25.1 Å².